The Bertz CT molecular complexity index is 512. The summed E-state index contributed by atoms with van der Waals surface area (Å²) in [6.45, 7) is 0. The van der Waals surface area contributed by atoms with Crippen LogP contribution in [0.3, 0.4) is 0 Å². The monoisotopic (exact) mass is 224 g/mol. The zero-order valence-corrected chi connectivity index (χ0v) is 9.80. The van der Waals surface area contributed by atoms with Gasteiger partial charge < -0.3 is 4.74 Å². The Labute approximate surface area is 102 Å². The van der Waals surface area contributed by atoms with E-state index in [1.807, 2.05) is 6.26 Å². The molecule has 3 atom stereocenters. The number of hydrogen-bond acceptors (Lipinski definition) is 1. The lowest BCUT2D eigenvalue weighted by atomic mass is 9.71. The van der Waals surface area contributed by atoms with Crippen LogP contribution in [0.15, 0.2) is 42.7 Å². The first-order chi connectivity index (χ1) is 8.43. The van der Waals surface area contributed by atoms with Gasteiger partial charge in [-0.3, -0.25) is 0 Å². The van der Waals surface area contributed by atoms with Gasteiger partial charge in [-0.05, 0) is 48.0 Å². The van der Waals surface area contributed by atoms with E-state index in [0.717, 1.165) is 0 Å². The number of allylic oxidation sites excluding steroid dienone is 2. The lowest BCUT2D eigenvalue weighted by Crippen LogP contribution is -2.32. The minimum atomic E-state index is 0.342. The summed E-state index contributed by atoms with van der Waals surface area (Å²) in [6, 6.07) is 8.79. The highest BCUT2D eigenvalue weighted by Crippen LogP contribution is 2.46. The minimum Gasteiger partial charge on any atom is -0.493 e. The highest BCUT2D eigenvalue weighted by molar-refractivity contribution is 5.72. The van der Waals surface area contributed by atoms with Gasteiger partial charge in [-0.1, -0.05) is 30.3 Å². The molecular formula is C16H16O. The van der Waals surface area contributed by atoms with Gasteiger partial charge in [0.1, 0.15) is 6.10 Å². The number of ether oxygens (including phenoxy) is 1. The third-order valence-corrected chi connectivity index (χ3v) is 4.48. The Balaban J connectivity index is 1.80. The van der Waals surface area contributed by atoms with E-state index in [4.69, 9.17) is 4.74 Å². The molecule has 1 aromatic carbocycles. The van der Waals surface area contributed by atoms with Crippen LogP contribution >= 0.6 is 0 Å². The molecular weight excluding hydrogens is 208 g/mol. The van der Waals surface area contributed by atoms with Crippen LogP contribution in [0.5, 0.6) is 0 Å². The van der Waals surface area contributed by atoms with Crippen molar-refractivity contribution in [3.63, 3.8) is 0 Å². The number of fused-ring (bicyclic) bond motifs is 5. The zero-order chi connectivity index (χ0) is 11.2. The van der Waals surface area contributed by atoms with Crippen molar-refractivity contribution >= 4 is 5.57 Å². The molecule has 0 fully saturated rings. The normalized spacial score (nSPS) is 33.2. The maximum absolute atomic E-state index is 5.88. The van der Waals surface area contributed by atoms with Crippen molar-refractivity contribution < 1.29 is 4.74 Å². The van der Waals surface area contributed by atoms with Crippen molar-refractivity contribution in [3.8, 4) is 0 Å². The second kappa shape index (κ2) is 3.49. The van der Waals surface area contributed by atoms with Crippen LogP contribution in [0.1, 0.15) is 24.0 Å². The third kappa shape index (κ3) is 1.32. The van der Waals surface area contributed by atoms with Gasteiger partial charge in [0.25, 0.3) is 0 Å². The Morgan fingerprint density at radius 3 is 3.12 bits per heavy atom. The standard InChI is InChI=1S/C16H16O/c1-2-5-12-11(4-1)8-9-13-14-6-3-7-16(14)17-10-15(12)13/h1-5,7,10,13-14,16H,6,8-9H2/t13-,14+,16+/m1/s1. The number of hydrogen-bond donors (Lipinski definition) is 0. The zero-order valence-electron chi connectivity index (χ0n) is 9.80. The third-order valence-electron chi connectivity index (χ3n) is 4.48. The summed E-state index contributed by atoms with van der Waals surface area (Å²) in [5.74, 6) is 1.39. The predicted molar refractivity (Wildman–Crippen MR) is 68.4 cm³/mol. The van der Waals surface area contributed by atoms with Crippen molar-refractivity contribution in [2.24, 2.45) is 11.8 Å². The fourth-order valence-electron chi connectivity index (χ4n) is 3.62. The molecule has 0 radical (unpaired) electrons. The summed E-state index contributed by atoms with van der Waals surface area (Å²) >= 11 is 0. The van der Waals surface area contributed by atoms with Gasteiger partial charge in [0.05, 0.1) is 6.26 Å². The highest BCUT2D eigenvalue weighted by Gasteiger charge is 2.39. The molecule has 4 rings (SSSR count). The summed E-state index contributed by atoms with van der Waals surface area (Å²) in [6.07, 6.45) is 10.6. The average molecular weight is 224 g/mol. The van der Waals surface area contributed by atoms with Crippen LogP contribution in [-0.4, -0.2) is 6.10 Å². The fraction of sp³-hybridized carbons (Fsp3) is 0.375. The molecule has 17 heavy (non-hydrogen) atoms. The summed E-state index contributed by atoms with van der Waals surface area (Å²) in [5, 5.41) is 0. The van der Waals surface area contributed by atoms with E-state index in [9.17, 15) is 0 Å². The molecule has 1 nitrogen and oxygen atoms in total. The molecule has 1 aliphatic heterocycles. The lowest BCUT2D eigenvalue weighted by molar-refractivity contribution is 0.0959. The lowest BCUT2D eigenvalue weighted by Gasteiger charge is -2.38. The number of benzene rings is 1. The van der Waals surface area contributed by atoms with Crippen molar-refractivity contribution in [2.75, 3.05) is 0 Å². The maximum atomic E-state index is 5.88. The largest absolute Gasteiger partial charge is 0.493 e. The maximum Gasteiger partial charge on any atom is 0.120 e. The van der Waals surface area contributed by atoms with Gasteiger partial charge in [-0.25, -0.2) is 0 Å². The Kier molecular flexibility index (Phi) is 1.96. The Morgan fingerprint density at radius 2 is 2.12 bits per heavy atom. The molecule has 0 spiro atoms. The van der Waals surface area contributed by atoms with E-state index in [1.54, 1.807) is 0 Å². The van der Waals surface area contributed by atoms with E-state index >= 15 is 0 Å². The summed E-state index contributed by atoms with van der Waals surface area (Å²) in [4.78, 5) is 0. The van der Waals surface area contributed by atoms with E-state index in [-0.39, 0.29) is 0 Å². The van der Waals surface area contributed by atoms with Crippen LogP contribution in [0.25, 0.3) is 5.57 Å². The Hall–Kier alpha value is -1.50. The number of rotatable bonds is 0. The molecule has 0 aromatic heterocycles. The molecule has 0 bridgehead atoms. The van der Waals surface area contributed by atoms with Crippen LogP contribution in [-0.2, 0) is 11.2 Å². The van der Waals surface area contributed by atoms with E-state index in [1.165, 1.54) is 36.0 Å². The van der Waals surface area contributed by atoms with Gasteiger partial charge in [-0.2, -0.15) is 0 Å². The smallest absolute Gasteiger partial charge is 0.120 e. The second-order valence-corrected chi connectivity index (χ2v) is 5.30. The minimum absolute atomic E-state index is 0.342. The molecule has 86 valence electrons. The van der Waals surface area contributed by atoms with Crippen molar-refractivity contribution in [2.45, 2.75) is 25.4 Å². The molecule has 3 aliphatic rings. The second-order valence-electron chi connectivity index (χ2n) is 5.30. The van der Waals surface area contributed by atoms with Crippen LogP contribution in [0.2, 0.25) is 0 Å². The van der Waals surface area contributed by atoms with Crippen molar-refractivity contribution in [1.82, 2.24) is 0 Å². The molecule has 1 heteroatoms. The Morgan fingerprint density at radius 1 is 1.18 bits per heavy atom. The van der Waals surface area contributed by atoms with E-state index in [0.29, 0.717) is 17.9 Å². The molecule has 0 N–H and O–H groups in total. The van der Waals surface area contributed by atoms with Crippen molar-refractivity contribution in [1.29, 1.82) is 0 Å². The summed E-state index contributed by atoms with van der Waals surface area (Å²) in [7, 11) is 0. The first kappa shape index (κ1) is 9.52. The number of aryl methyl sites for hydroxylation is 1. The average Bonchev–Trinajstić information content (AvgIpc) is 2.86. The van der Waals surface area contributed by atoms with E-state index < -0.39 is 0 Å². The molecule has 0 unspecified atom stereocenters. The first-order valence-electron chi connectivity index (χ1n) is 6.54. The predicted octanol–water partition coefficient (Wildman–Crippen LogP) is 3.56. The van der Waals surface area contributed by atoms with Gasteiger partial charge in [-0.15, -0.1) is 0 Å². The van der Waals surface area contributed by atoms with E-state index in [2.05, 4.69) is 36.4 Å². The topological polar surface area (TPSA) is 9.23 Å². The van der Waals surface area contributed by atoms with Gasteiger partial charge in [0.2, 0.25) is 0 Å². The van der Waals surface area contributed by atoms with Crippen LogP contribution < -0.4 is 0 Å². The molecule has 0 saturated heterocycles. The summed E-state index contributed by atoms with van der Waals surface area (Å²) in [5.41, 5.74) is 4.36. The molecule has 1 aromatic rings. The first-order valence-corrected chi connectivity index (χ1v) is 6.54. The highest BCUT2D eigenvalue weighted by atomic mass is 16.5. The van der Waals surface area contributed by atoms with Crippen LogP contribution in [0.4, 0.5) is 0 Å². The summed E-state index contributed by atoms with van der Waals surface area (Å²) < 4.78 is 5.88. The van der Waals surface area contributed by atoms with Gasteiger partial charge in [0, 0.05) is 5.92 Å². The van der Waals surface area contributed by atoms with Crippen LogP contribution in [0, 0.1) is 11.8 Å². The van der Waals surface area contributed by atoms with Gasteiger partial charge in [0.15, 0.2) is 0 Å². The SMILES string of the molecule is C1=C[C@@H]2OC=C3c4ccccc4CC[C@@H]3[C@@H]2C1. The molecule has 0 saturated carbocycles. The van der Waals surface area contributed by atoms with Gasteiger partial charge >= 0.3 is 0 Å². The molecule has 0 amide bonds. The molecule has 2 aliphatic carbocycles. The quantitative estimate of drug-likeness (QED) is 0.612. The van der Waals surface area contributed by atoms with Crippen molar-refractivity contribution in [3.05, 3.63) is 53.8 Å². The fourth-order valence-corrected chi connectivity index (χ4v) is 3.62. The molecule has 1 heterocycles.